The molecule has 0 heterocycles. The molecule has 0 aliphatic carbocycles. The first kappa shape index (κ1) is 15.4. The van der Waals surface area contributed by atoms with Gasteiger partial charge in [0.2, 0.25) is 0 Å². The molecule has 0 saturated heterocycles. The van der Waals surface area contributed by atoms with Crippen LogP contribution in [0.2, 0.25) is 0 Å². The number of carbonyl (C=O) groups is 1. The predicted molar refractivity (Wildman–Crippen MR) is 73.9 cm³/mol. The van der Waals surface area contributed by atoms with Gasteiger partial charge in [0.05, 0.1) is 17.4 Å². The first-order chi connectivity index (χ1) is 9.40. The van der Waals surface area contributed by atoms with Crippen LogP contribution in [0.3, 0.4) is 0 Å². The molecule has 2 N–H and O–H groups in total. The molecule has 1 amide bonds. The third-order valence-electron chi connectivity index (χ3n) is 2.83. The van der Waals surface area contributed by atoms with Crippen LogP contribution in [0.4, 0.5) is 11.4 Å². The number of carbonyl (C=O) groups excluding carboxylic acids is 1. The van der Waals surface area contributed by atoms with E-state index < -0.39 is 10.8 Å². The van der Waals surface area contributed by atoms with Crippen LogP contribution in [0.25, 0.3) is 0 Å². The Morgan fingerprint density at radius 3 is 2.70 bits per heavy atom. The van der Waals surface area contributed by atoms with Gasteiger partial charge in [-0.2, -0.15) is 5.26 Å². The van der Waals surface area contributed by atoms with E-state index in [1.807, 2.05) is 6.07 Å². The van der Waals surface area contributed by atoms with Gasteiger partial charge in [0.1, 0.15) is 11.3 Å². The number of benzene rings is 1. The highest BCUT2D eigenvalue weighted by Crippen LogP contribution is 2.27. The number of nitriles is 1. The molecule has 1 aromatic rings. The highest BCUT2D eigenvalue weighted by Gasteiger charge is 2.27. The second-order valence-corrected chi connectivity index (χ2v) is 4.50. The van der Waals surface area contributed by atoms with E-state index >= 15 is 0 Å². The van der Waals surface area contributed by atoms with Crippen molar-refractivity contribution in [1.29, 1.82) is 5.26 Å². The van der Waals surface area contributed by atoms with E-state index in [0.717, 1.165) is 0 Å². The SMILES string of the molecule is CC(C)N(CCC#N)C(=O)c1cccc(N)c1[N+](=O)[O-]. The minimum absolute atomic E-state index is 0.0511. The molecule has 1 aromatic carbocycles. The Morgan fingerprint density at radius 1 is 1.55 bits per heavy atom. The Morgan fingerprint density at radius 2 is 2.20 bits per heavy atom. The standard InChI is InChI=1S/C13H16N4O3/c1-9(2)16(8-4-7-14)13(18)10-5-3-6-11(15)12(10)17(19)20/h3,5-6,9H,4,8,15H2,1-2H3. The summed E-state index contributed by atoms with van der Waals surface area (Å²) in [5, 5.41) is 19.7. The van der Waals surface area contributed by atoms with Gasteiger partial charge in [0.15, 0.2) is 0 Å². The van der Waals surface area contributed by atoms with Gasteiger partial charge in [-0.1, -0.05) is 6.07 Å². The van der Waals surface area contributed by atoms with Crippen LogP contribution in [0, 0.1) is 21.4 Å². The van der Waals surface area contributed by atoms with Crippen LogP contribution in [0.15, 0.2) is 18.2 Å². The van der Waals surface area contributed by atoms with Gasteiger partial charge in [-0.05, 0) is 26.0 Å². The van der Waals surface area contributed by atoms with Gasteiger partial charge in [-0.3, -0.25) is 14.9 Å². The van der Waals surface area contributed by atoms with Gasteiger partial charge in [-0.15, -0.1) is 0 Å². The number of para-hydroxylation sites is 1. The summed E-state index contributed by atoms with van der Waals surface area (Å²) in [6, 6.07) is 6.04. The highest BCUT2D eigenvalue weighted by atomic mass is 16.6. The molecule has 0 aliphatic heterocycles. The molecule has 20 heavy (non-hydrogen) atoms. The number of amides is 1. The molecule has 0 radical (unpaired) electrons. The Kier molecular flexibility index (Phi) is 5.03. The average molecular weight is 276 g/mol. The lowest BCUT2D eigenvalue weighted by Crippen LogP contribution is -2.38. The number of nitrogen functional groups attached to an aromatic ring is 1. The lowest BCUT2D eigenvalue weighted by atomic mass is 10.1. The van der Waals surface area contributed by atoms with Crippen molar-refractivity contribution < 1.29 is 9.72 Å². The van der Waals surface area contributed by atoms with E-state index in [0.29, 0.717) is 0 Å². The number of nitro groups is 1. The molecule has 106 valence electrons. The lowest BCUT2D eigenvalue weighted by Gasteiger charge is -2.25. The summed E-state index contributed by atoms with van der Waals surface area (Å²) in [7, 11) is 0. The zero-order chi connectivity index (χ0) is 15.3. The third kappa shape index (κ3) is 3.23. The summed E-state index contributed by atoms with van der Waals surface area (Å²) in [4.78, 5) is 24.2. The molecular formula is C13H16N4O3. The van der Waals surface area contributed by atoms with Crippen molar-refractivity contribution in [3.63, 3.8) is 0 Å². The van der Waals surface area contributed by atoms with E-state index in [4.69, 9.17) is 11.0 Å². The maximum Gasteiger partial charge on any atom is 0.304 e. The number of anilines is 1. The number of hydrogen-bond donors (Lipinski definition) is 1. The molecule has 0 spiro atoms. The van der Waals surface area contributed by atoms with Crippen LogP contribution in [-0.4, -0.2) is 28.3 Å². The van der Waals surface area contributed by atoms with E-state index in [1.165, 1.54) is 23.1 Å². The average Bonchev–Trinajstić information content (AvgIpc) is 2.37. The first-order valence-corrected chi connectivity index (χ1v) is 6.11. The topological polar surface area (TPSA) is 113 Å². The molecule has 0 fully saturated rings. The monoisotopic (exact) mass is 276 g/mol. The zero-order valence-corrected chi connectivity index (χ0v) is 11.4. The van der Waals surface area contributed by atoms with Crippen molar-refractivity contribution in [2.75, 3.05) is 12.3 Å². The van der Waals surface area contributed by atoms with Crippen molar-refractivity contribution >= 4 is 17.3 Å². The summed E-state index contributed by atoms with van der Waals surface area (Å²) in [6.07, 6.45) is 0.167. The molecule has 0 unspecified atom stereocenters. The van der Waals surface area contributed by atoms with E-state index in [2.05, 4.69) is 0 Å². The minimum Gasteiger partial charge on any atom is -0.393 e. The van der Waals surface area contributed by atoms with E-state index in [9.17, 15) is 14.9 Å². The van der Waals surface area contributed by atoms with Crippen LogP contribution >= 0.6 is 0 Å². The Balaban J connectivity index is 3.22. The zero-order valence-electron chi connectivity index (χ0n) is 11.4. The van der Waals surface area contributed by atoms with Crippen LogP contribution in [0.5, 0.6) is 0 Å². The Labute approximate surface area is 116 Å². The summed E-state index contributed by atoms with van der Waals surface area (Å²) >= 11 is 0. The third-order valence-corrected chi connectivity index (χ3v) is 2.83. The normalized spacial score (nSPS) is 10.1. The van der Waals surface area contributed by atoms with Crippen molar-refractivity contribution in [2.45, 2.75) is 26.3 Å². The van der Waals surface area contributed by atoms with Crippen molar-refractivity contribution in [3.05, 3.63) is 33.9 Å². The van der Waals surface area contributed by atoms with Crippen molar-refractivity contribution in [3.8, 4) is 6.07 Å². The van der Waals surface area contributed by atoms with Gasteiger partial charge in [0, 0.05) is 12.6 Å². The van der Waals surface area contributed by atoms with Gasteiger partial charge in [0.25, 0.3) is 5.91 Å². The summed E-state index contributed by atoms with van der Waals surface area (Å²) in [6.45, 7) is 3.79. The highest BCUT2D eigenvalue weighted by molar-refractivity contribution is 6.00. The van der Waals surface area contributed by atoms with Crippen LogP contribution < -0.4 is 5.73 Å². The largest absolute Gasteiger partial charge is 0.393 e. The summed E-state index contributed by atoms with van der Waals surface area (Å²) in [5.74, 6) is -0.491. The fourth-order valence-corrected chi connectivity index (χ4v) is 1.86. The first-order valence-electron chi connectivity index (χ1n) is 6.11. The molecule has 1 rings (SSSR count). The van der Waals surface area contributed by atoms with Crippen LogP contribution in [-0.2, 0) is 0 Å². The second kappa shape index (κ2) is 6.52. The number of nitro benzene ring substituents is 1. The van der Waals surface area contributed by atoms with Gasteiger partial charge >= 0.3 is 5.69 Å². The molecule has 0 bridgehead atoms. The number of hydrogen-bond acceptors (Lipinski definition) is 5. The molecule has 7 nitrogen and oxygen atoms in total. The predicted octanol–water partition coefficient (Wildman–Crippen LogP) is 1.94. The lowest BCUT2D eigenvalue weighted by molar-refractivity contribution is -0.384. The molecule has 0 atom stereocenters. The van der Waals surface area contributed by atoms with Crippen molar-refractivity contribution in [2.24, 2.45) is 0 Å². The van der Waals surface area contributed by atoms with E-state index in [1.54, 1.807) is 13.8 Å². The fraction of sp³-hybridized carbons (Fsp3) is 0.385. The number of rotatable bonds is 5. The van der Waals surface area contributed by atoms with Crippen molar-refractivity contribution in [1.82, 2.24) is 4.90 Å². The summed E-state index contributed by atoms with van der Waals surface area (Å²) < 4.78 is 0. The summed E-state index contributed by atoms with van der Waals surface area (Å²) in [5.41, 5.74) is 5.08. The van der Waals surface area contributed by atoms with Gasteiger partial charge in [-0.25, -0.2) is 0 Å². The number of nitrogens with two attached hydrogens (primary N) is 1. The molecule has 0 aromatic heterocycles. The minimum atomic E-state index is -0.661. The smallest absolute Gasteiger partial charge is 0.304 e. The molecular weight excluding hydrogens is 260 g/mol. The van der Waals surface area contributed by atoms with Crippen LogP contribution in [0.1, 0.15) is 30.6 Å². The van der Waals surface area contributed by atoms with E-state index in [-0.39, 0.29) is 35.9 Å². The molecule has 7 heteroatoms. The second-order valence-electron chi connectivity index (χ2n) is 4.50. The quantitative estimate of drug-likeness (QED) is 0.501. The number of nitrogens with zero attached hydrogens (tertiary/aromatic N) is 3. The maximum absolute atomic E-state index is 12.4. The Bertz CT molecular complexity index is 563. The Hall–Kier alpha value is -2.62. The molecule has 0 saturated carbocycles. The fourth-order valence-electron chi connectivity index (χ4n) is 1.86. The van der Waals surface area contributed by atoms with Gasteiger partial charge < -0.3 is 10.6 Å². The molecule has 0 aliphatic rings. The maximum atomic E-state index is 12.4.